The summed E-state index contributed by atoms with van der Waals surface area (Å²) in [6.45, 7) is 1.45. The molecule has 9 nitrogen and oxygen atoms in total. The Kier molecular flexibility index (Phi) is 5.47. The number of rotatable bonds is 7. The SMILES string of the molecule is Cc1cc(-c2nnn(Cc3ccc(F)cc3)n2)ccc1S(=O)(=O)NCC(N)=O. The number of nitrogens with two attached hydrogens (primary N) is 1. The Bertz CT molecular complexity index is 1110. The molecule has 0 atom stereocenters. The maximum absolute atomic E-state index is 13.0. The molecular formula is C17H17FN6O3S. The van der Waals surface area contributed by atoms with Gasteiger partial charge < -0.3 is 5.73 Å². The third kappa shape index (κ3) is 4.56. The smallest absolute Gasteiger partial charge is 0.241 e. The second-order valence-electron chi connectivity index (χ2n) is 6.04. The van der Waals surface area contributed by atoms with Gasteiger partial charge in [-0.2, -0.15) is 4.80 Å². The van der Waals surface area contributed by atoms with Crippen LogP contribution in [-0.2, 0) is 21.4 Å². The Balaban J connectivity index is 1.79. The highest BCUT2D eigenvalue weighted by molar-refractivity contribution is 7.89. The quantitative estimate of drug-likeness (QED) is 0.592. The number of aromatic nitrogens is 4. The van der Waals surface area contributed by atoms with Crippen molar-refractivity contribution in [1.29, 1.82) is 0 Å². The molecule has 0 aliphatic carbocycles. The number of benzene rings is 2. The Hall–Kier alpha value is -3.18. The fourth-order valence-electron chi connectivity index (χ4n) is 2.51. The van der Waals surface area contributed by atoms with Crippen LogP contribution in [0.25, 0.3) is 11.4 Å². The van der Waals surface area contributed by atoms with Crippen molar-refractivity contribution in [2.75, 3.05) is 6.54 Å². The van der Waals surface area contributed by atoms with Gasteiger partial charge in [0.15, 0.2) is 0 Å². The molecule has 1 amide bonds. The van der Waals surface area contributed by atoms with E-state index in [4.69, 9.17) is 5.73 Å². The van der Waals surface area contributed by atoms with E-state index in [9.17, 15) is 17.6 Å². The number of hydrogen-bond donors (Lipinski definition) is 2. The molecule has 0 saturated heterocycles. The Morgan fingerprint density at radius 3 is 2.57 bits per heavy atom. The highest BCUT2D eigenvalue weighted by Crippen LogP contribution is 2.22. The van der Waals surface area contributed by atoms with Crippen LogP contribution in [0.4, 0.5) is 4.39 Å². The van der Waals surface area contributed by atoms with Crippen LogP contribution in [0.1, 0.15) is 11.1 Å². The molecule has 28 heavy (non-hydrogen) atoms. The van der Waals surface area contributed by atoms with Gasteiger partial charge in [0.05, 0.1) is 18.0 Å². The number of sulfonamides is 1. The molecule has 0 radical (unpaired) electrons. The van der Waals surface area contributed by atoms with E-state index < -0.39 is 22.5 Å². The van der Waals surface area contributed by atoms with Gasteiger partial charge >= 0.3 is 0 Å². The second kappa shape index (κ2) is 7.82. The lowest BCUT2D eigenvalue weighted by Gasteiger charge is -2.09. The lowest BCUT2D eigenvalue weighted by atomic mass is 10.1. The lowest BCUT2D eigenvalue weighted by molar-refractivity contribution is -0.116. The average molecular weight is 404 g/mol. The molecule has 2 aromatic carbocycles. The molecule has 3 N–H and O–H groups in total. The van der Waals surface area contributed by atoms with Crippen molar-refractivity contribution in [2.45, 2.75) is 18.4 Å². The number of tetrazole rings is 1. The summed E-state index contributed by atoms with van der Waals surface area (Å²) in [6, 6.07) is 10.5. The maximum Gasteiger partial charge on any atom is 0.241 e. The molecule has 1 heterocycles. The summed E-state index contributed by atoms with van der Waals surface area (Å²) >= 11 is 0. The molecule has 3 aromatic rings. The number of amides is 1. The van der Waals surface area contributed by atoms with Crippen LogP contribution in [0, 0.1) is 12.7 Å². The number of hydrogen-bond acceptors (Lipinski definition) is 6. The van der Waals surface area contributed by atoms with Gasteiger partial charge in [-0.15, -0.1) is 10.2 Å². The van der Waals surface area contributed by atoms with Gasteiger partial charge in [-0.05, 0) is 53.6 Å². The Morgan fingerprint density at radius 1 is 1.21 bits per heavy atom. The number of primary amides is 1. The van der Waals surface area contributed by atoms with E-state index in [2.05, 4.69) is 20.1 Å². The van der Waals surface area contributed by atoms with Gasteiger partial charge in [0.2, 0.25) is 21.8 Å². The van der Waals surface area contributed by atoms with E-state index in [0.29, 0.717) is 23.5 Å². The molecule has 0 aliphatic heterocycles. The standard InChI is InChI=1S/C17H17FN6O3S/c1-11-8-13(4-7-15(11)28(26,27)20-9-16(19)25)17-21-23-24(22-17)10-12-2-5-14(18)6-3-12/h2-8,20H,9-10H2,1H3,(H2,19,25). The van der Waals surface area contributed by atoms with Gasteiger partial charge in [0.1, 0.15) is 5.82 Å². The van der Waals surface area contributed by atoms with Gasteiger partial charge in [-0.1, -0.05) is 12.1 Å². The summed E-state index contributed by atoms with van der Waals surface area (Å²) in [6.07, 6.45) is 0. The van der Waals surface area contributed by atoms with E-state index in [1.54, 1.807) is 31.2 Å². The van der Waals surface area contributed by atoms with Gasteiger partial charge in [-0.25, -0.2) is 17.5 Å². The second-order valence-corrected chi connectivity index (χ2v) is 7.78. The zero-order valence-electron chi connectivity index (χ0n) is 14.8. The van der Waals surface area contributed by atoms with Crippen LogP contribution in [-0.4, -0.2) is 41.1 Å². The number of nitrogens with zero attached hydrogens (tertiary/aromatic N) is 4. The zero-order chi connectivity index (χ0) is 20.3. The molecular weight excluding hydrogens is 387 g/mol. The minimum atomic E-state index is -3.87. The molecule has 1 aromatic heterocycles. The predicted octanol–water partition coefficient (Wildman–Crippen LogP) is 0.600. The summed E-state index contributed by atoms with van der Waals surface area (Å²) in [5.74, 6) is -0.786. The molecule has 0 saturated carbocycles. The van der Waals surface area contributed by atoms with E-state index >= 15 is 0 Å². The Labute approximate surface area is 160 Å². The first-order chi connectivity index (χ1) is 13.2. The highest BCUT2D eigenvalue weighted by Gasteiger charge is 2.18. The number of carbonyl (C=O) groups excluding carboxylic acids is 1. The van der Waals surface area contributed by atoms with Crippen LogP contribution in [0.3, 0.4) is 0 Å². The van der Waals surface area contributed by atoms with Gasteiger partial charge in [0, 0.05) is 5.56 Å². The van der Waals surface area contributed by atoms with E-state index in [0.717, 1.165) is 5.56 Å². The predicted molar refractivity (Wildman–Crippen MR) is 97.9 cm³/mol. The van der Waals surface area contributed by atoms with Crippen molar-refractivity contribution in [3.8, 4) is 11.4 Å². The first kappa shape index (κ1) is 19.6. The molecule has 0 bridgehead atoms. The van der Waals surface area contributed by atoms with Crippen LogP contribution in [0.5, 0.6) is 0 Å². The van der Waals surface area contributed by atoms with E-state index in [1.807, 2.05) is 0 Å². The first-order valence-corrected chi connectivity index (χ1v) is 9.64. The van der Waals surface area contributed by atoms with Crippen LogP contribution >= 0.6 is 0 Å². The molecule has 3 rings (SSSR count). The van der Waals surface area contributed by atoms with Crippen molar-refractivity contribution < 1.29 is 17.6 Å². The van der Waals surface area contributed by atoms with E-state index in [-0.39, 0.29) is 10.7 Å². The lowest BCUT2D eigenvalue weighted by Crippen LogP contribution is -2.33. The van der Waals surface area contributed by atoms with Gasteiger partial charge in [-0.3, -0.25) is 4.79 Å². The molecule has 0 aliphatic rings. The average Bonchev–Trinajstić information content (AvgIpc) is 3.10. The minimum Gasteiger partial charge on any atom is -0.369 e. The minimum absolute atomic E-state index is 0.0243. The van der Waals surface area contributed by atoms with Crippen LogP contribution in [0.15, 0.2) is 47.4 Å². The summed E-state index contributed by atoms with van der Waals surface area (Å²) in [5, 5.41) is 12.2. The van der Waals surface area contributed by atoms with Crippen LogP contribution < -0.4 is 10.5 Å². The Morgan fingerprint density at radius 2 is 1.93 bits per heavy atom. The first-order valence-electron chi connectivity index (χ1n) is 8.16. The van der Waals surface area contributed by atoms with Gasteiger partial charge in [0.25, 0.3) is 0 Å². The molecule has 11 heteroatoms. The summed E-state index contributed by atoms with van der Waals surface area (Å²) < 4.78 is 39.6. The van der Waals surface area contributed by atoms with Crippen molar-refractivity contribution >= 4 is 15.9 Å². The molecule has 0 unspecified atom stereocenters. The van der Waals surface area contributed by atoms with Crippen molar-refractivity contribution in [3.05, 3.63) is 59.4 Å². The van der Waals surface area contributed by atoms with Crippen molar-refractivity contribution in [3.63, 3.8) is 0 Å². The van der Waals surface area contributed by atoms with Crippen molar-refractivity contribution in [2.24, 2.45) is 5.73 Å². The molecule has 146 valence electrons. The van der Waals surface area contributed by atoms with E-state index in [1.165, 1.54) is 23.0 Å². The monoisotopic (exact) mass is 404 g/mol. The van der Waals surface area contributed by atoms with Crippen molar-refractivity contribution in [1.82, 2.24) is 24.9 Å². The fourth-order valence-corrected chi connectivity index (χ4v) is 3.73. The number of carbonyl (C=O) groups is 1. The summed E-state index contributed by atoms with van der Waals surface area (Å²) in [5.41, 5.74) is 6.81. The topological polar surface area (TPSA) is 133 Å². The number of halogens is 1. The van der Waals surface area contributed by atoms with Crippen LogP contribution in [0.2, 0.25) is 0 Å². The third-order valence-corrected chi connectivity index (χ3v) is 5.41. The largest absolute Gasteiger partial charge is 0.369 e. The zero-order valence-corrected chi connectivity index (χ0v) is 15.6. The highest BCUT2D eigenvalue weighted by atomic mass is 32.2. The molecule has 0 fully saturated rings. The summed E-state index contributed by atoms with van der Waals surface area (Å²) in [4.78, 5) is 12.2. The number of nitrogens with one attached hydrogen (secondary N) is 1. The fraction of sp³-hybridized carbons (Fsp3) is 0.176. The molecule has 0 spiro atoms. The summed E-state index contributed by atoms with van der Waals surface area (Å²) in [7, 11) is -3.87. The normalized spacial score (nSPS) is 11.5. The maximum atomic E-state index is 13.0. The third-order valence-electron chi connectivity index (χ3n) is 3.85. The number of aryl methyl sites for hydroxylation is 1.